The summed E-state index contributed by atoms with van der Waals surface area (Å²) in [5.41, 5.74) is 4.40. The summed E-state index contributed by atoms with van der Waals surface area (Å²) in [6.45, 7) is 8.56. The van der Waals surface area contributed by atoms with E-state index >= 15 is 0 Å². The molecule has 0 aromatic heterocycles. The van der Waals surface area contributed by atoms with Gasteiger partial charge < -0.3 is 4.80 Å². The van der Waals surface area contributed by atoms with Crippen LogP contribution in [0.15, 0.2) is 30.3 Å². The van der Waals surface area contributed by atoms with Crippen LogP contribution in [-0.2, 0) is 0 Å². The van der Waals surface area contributed by atoms with Crippen LogP contribution in [-0.4, -0.2) is 13.1 Å². The van der Waals surface area contributed by atoms with Gasteiger partial charge in [0, 0.05) is 5.54 Å². The van der Waals surface area contributed by atoms with E-state index in [4.69, 9.17) is 0 Å². The molecule has 1 nitrogen and oxygen atoms in total. The molecule has 0 amide bonds. The molecule has 0 saturated heterocycles. The molecular weight excluding hydrogens is 224 g/mol. The van der Waals surface area contributed by atoms with Gasteiger partial charge in [-0.25, -0.2) is 0 Å². The summed E-state index contributed by atoms with van der Waals surface area (Å²) in [4.78, 5) is 10.4. The van der Waals surface area contributed by atoms with Crippen LogP contribution in [0.5, 0.6) is 0 Å². The Bertz CT molecular complexity index is 442. The molecular formula is C15H22OSi. The van der Waals surface area contributed by atoms with E-state index in [-0.39, 0.29) is 5.54 Å². The molecule has 0 spiro atoms. The van der Waals surface area contributed by atoms with Gasteiger partial charge in [0.05, 0.1) is 0 Å². The number of fused-ring (bicyclic) bond motifs is 1. The standard InChI is InChI=1S/C15H22OSi/c1-5-11(2)14-10-15(17(3,4)16)13-9-7-6-8-12(13)14/h6-11,15-16H,5H2,1-4H3. The smallest absolute Gasteiger partial charge is 0.193 e. The highest BCUT2D eigenvalue weighted by Gasteiger charge is 2.36. The van der Waals surface area contributed by atoms with Gasteiger partial charge in [-0.15, -0.1) is 0 Å². The SMILES string of the molecule is CCC(C)C1=CC([Si](C)(C)O)c2ccccc21. The number of rotatable bonds is 3. The first-order chi connectivity index (χ1) is 7.95. The highest BCUT2D eigenvalue weighted by Crippen LogP contribution is 2.43. The number of hydrogen-bond acceptors (Lipinski definition) is 1. The van der Waals surface area contributed by atoms with E-state index in [0.717, 1.165) is 6.42 Å². The summed E-state index contributed by atoms with van der Waals surface area (Å²) in [7, 11) is -2.15. The fraction of sp³-hybridized carbons (Fsp3) is 0.467. The predicted molar refractivity (Wildman–Crippen MR) is 76.3 cm³/mol. The van der Waals surface area contributed by atoms with Crippen LogP contribution in [0, 0.1) is 5.92 Å². The van der Waals surface area contributed by atoms with Crippen LogP contribution in [0.25, 0.3) is 5.57 Å². The Labute approximate surface area is 105 Å². The fourth-order valence-electron chi connectivity index (χ4n) is 2.62. The Hall–Kier alpha value is -0.863. The molecule has 92 valence electrons. The lowest BCUT2D eigenvalue weighted by atomic mass is 9.93. The van der Waals surface area contributed by atoms with E-state index in [1.807, 2.05) is 13.1 Å². The van der Waals surface area contributed by atoms with E-state index in [0.29, 0.717) is 5.92 Å². The summed E-state index contributed by atoms with van der Waals surface area (Å²) in [5, 5.41) is 0. The van der Waals surface area contributed by atoms with Crippen LogP contribution in [0.3, 0.4) is 0 Å². The van der Waals surface area contributed by atoms with Crippen molar-refractivity contribution in [2.24, 2.45) is 5.92 Å². The molecule has 0 saturated carbocycles. The van der Waals surface area contributed by atoms with Gasteiger partial charge in [0.25, 0.3) is 0 Å². The van der Waals surface area contributed by atoms with Gasteiger partial charge in [0.15, 0.2) is 8.32 Å². The van der Waals surface area contributed by atoms with Gasteiger partial charge >= 0.3 is 0 Å². The van der Waals surface area contributed by atoms with E-state index in [1.165, 1.54) is 16.7 Å². The van der Waals surface area contributed by atoms with Crippen molar-refractivity contribution in [3.8, 4) is 0 Å². The van der Waals surface area contributed by atoms with Crippen LogP contribution >= 0.6 is 0 Å². The van der Waals surface area contributed by atoms with E-state index in [9.17, 15) is 4.80 Å². The molecule has 2 rings (SSSR count). The molecule has 2 unspecified atom stereocenters. The molecule has 0 aliphatic heterocycles. The first-order valence-corrected chi connectivity index (χ1v) is 9.51. The van der Waals surface area contributed by atoms with Crippen molar-refractivity contribution >= 4 is 13.9 Å². The lowest BCUT2D eigenvalue weighted by Crippen LogP contribution is -2.33. The second-order valence-electron chi connectivity index (χ2n) is 5.65. The highest BCUT2D eigenvalue weighted by atomic mass is 28.4. The molecule has 1 aliphatic carbocycles. The van der Waals surface area contributed by atoms with Crippen molar-refractivity contribution in [2.75, 3.05) is 0 Å². The molecule has 0 heterocycles. The minimum absolute atomic E-state index is 0.266. The van der Waals surface area contributed by atoms with Gasteiger partial charge in [-0.05, 0) is 42.1 Å². The summed E-state index contributed by atoms with van der Waals surface area (Å²) >= 11 is 0. The largest absolute Gasteiger partial charge is 0.431 e. The third-order valence-electron chi connectivity index (χ3n) is 3.86. The first-order valence-electron chi connectivity index (χ1n) is 6.48. The van der Waals surface area contributed by atoms with Crippen molar-refractivity contribution in [3.05, 3.63) is 41.5 Å². The minimum atomic E-state index is -2.15. The maximum atomic E-state index is 10.4. The van der Waals surface area contributed by atoms with Crippen molar-refractivity contribution in [1.29, 1.82) is 0 Å². The summed E-state index contributed by atoms with van der Waals surface area (Å²) in [5.74, 6) is 0.581. The van der Waals surface area contributed by atoms with Gasteiger partial charge in [-0.3, -0.25) is 0 Å². The Morgan fingerprint density at radius 3 is 2.53 bits per heavy atom. The topological polar surface area (TPSA) is 20.2 Å². The molecule has 1 aromatic rings. The maximum absolute atomic E-state index is 10.4. The van der Waals surface area contributed by atoms with Crippen molar-refractivity contribution in [3.63, 3.8) is 0 Å². The summed E-state index contributed by atoms with van der Waals surface area (Å²) < 4.78 is 0. The molecule has 1 aromatic carbocycles. The third kappa shape index (κ3) is 2.24. The van der Waals surface area contributed by atoms with E-state index in [1.54, 1.807) is 0 Å². The number of hydrogen-bond donors (Lipinski definition) is 1. The van der Waals surface area contributed by atoms with Gasteiger partial charge in [-0.1, -0.05) is 44.2 Å². The van der Waals surface area contributed by atoms with Crippen LogP contribution in [0.2, 0.25) is 13.1 Å². The zero-order chi connectivity index (χ0) is 12.6. The summed E-state index contributed by atoms with van der Waals surface area (Å²) in [6, 6.07) is 8.56. The molecule has 2 atom stereocenters. The molecule has 17 heavy (non-hydrogen) atoms. The van der Waals surface area contributed by atoms with Crippen molar-refractivity contribution < 1.29 is 4.80 Å². The zero-order valence-electron chi connectivity index (χ0n) is 11.2. The lowest BCUT2D eigenvalue weighted by Gasteiger charge is -2.22. The second-order valence-corrected chi connectivity index (χ2v) is 9.58. The Balaban J connectivity index is 2.50. The molecule has 0 bridgehead atoms. The predicted octanol–water partition coefficient (Wildman–Crippen LogP) is 3.95. The average molecular weight is 246 g/mol. The third-order valence-corrected chi connectivity index (χ3v) is 5.86. The summed E-state index contributed by atoms with van der Waals surface area (Å²) in [6.07, 6.45) is 3.48. The van der Waals surface area contributed by atoms with Gasteiger partial charge in [-0.2, -0.15) is 0 Å². The Kier molecular flexibility index (Phi) is 3.28. The average Bonchev–Trinajstić information content (AvgIpc) is 2.67. The quantitative estimate of drug-likeness (QED) is 0.801. The first kappa shape index (κ1) is 12.6. The molecule has 0 fully saturated rings. The Morgan fingerprint density at radius 1 is 1.29 bits per heavy atom. The van der Waals surface area contributed by atoms with Crippen LogP contribution in [0.4, 0.5) is 0 Å². The van der Waals surface area contributed by atoms with Crippen molar-refractivity contribution in [2.45, 2.75) is 38.9 Å². The van der Waals surface area contributed by atoms with E-state index in [2.05, 4.69) is 44.2 Å². The van der Waals surface area contributed by atoms with Crippen LogP contribution < -0.4 is 0 Å². The van der Waals surface area contributed by atoms with Crippen LogP contribution in [0.1, 0.15) is 36.9 Å². The highest BCUT2D eigenvalue weighted by molar-refractivity contribution is 6.72. The monoisotopic (exact) mass is 246 g/mol. The van der Waals surface area contributed by atoms with Gasteiger partial charge in [0.2, 0.25) is 0 Å². The molecule has 1 aliphatic rings. The lowest BCUT2D eigenvalue weighted by molar-refractivity contribution is 0.540. The number of benzene rings is 1. The normalized spacial score (nSPS) is 21.0. The molecule has 2 heteroatoms. The molecule has 0 radical (unpaired) electrons. The second kappa shape index (κ2) is 4.43. The maximum Gasteiger partial charge on any atom is 0.193 e. The minimum Gasteiger partial charge on any atom is -0.431 e. The van der Waals surface area contributed by atoms with Crippen molar-refractivity contribution in [1.82, 2.24) is 0 Å². The fourth-order valence-corrected chi connectivity index (χ4v) is 4.22. The van der Waals surface area contributed by atoms with E-state index < -0.39 is 8.32 Å². The molecule has 1 N–H and O–H groups in total. The zero-order valence-corrected chi connectivity index (χ0v) is 12.2. The number of allylic oxidation sites excluding steroid dienone is 2. The Morgan fingerprint density at radius 2 is 1.94 bits per heavy atom. The van der Waals surface area contributed by atoms with Gasteiger partial charge in [0.1, 0.15) is 0 Å².